The average Bonchev–Trinajstić information content (AvgIpc) is 3.08. The van der Waals surface area contributed by atoms with Crippen LogP contribution in [-0.4, -0.2) is 26.6 Å². The van der Waals surface area contributed by atoms with Gasteiger partial charge < -0.3 is 5.73 Å². The van der Waals surface area contributed by atoms with Crippen LogP contribution in [0, 0.1) is 0 Å². The lowest BCUT2D eigenvalue weighted by Gasteiger charge is -2.09. The van der Waals surface area contributed by atoms with Crippen LogP contribution in [0.25, 0.3) is 0 Å². The molecule has 0 aromatic carbocycles. The number of aromatic nitrogens is 3. The molecule has 0 radical (unpaired) electrons. The lowest BCUT2D eigenvalue weighted by atomic mass is 10.2. The van der Waals surface area contributed by atoms with Crippen LogP contribution in [0.5, 0.6) is 0 Å². The molecule has 0 atom stereocenters. The summed E-state index contributed by atoms with van der Waals surface area (Å²) in [5.41, 5.74) is 6.82. The molecule has 3 N–H and O–H groups in total. The third kappa shape index (κ3) is 2.41. The molecule has 1 aliphatic carbocycles. The number of aryl methyl sites for hydroxylation is 2. The molecule has 1 aromatic rings. The first-order valence-electron chi connectivity index (χ1n) is 5.92. The van der Waals surface area contributed by atoms with Crippen LogP contribution in [0.4, 0.5) is 5.95 Å². The van der Waals surface area contributed by atoms with Crippen molar-refractivity contribution in [2.24, 2.45) is 5.73 Å². The Morgan fingerprint density at radius 1 is 1.29 bits per heavy atom. The molecule has 92 valence electrons. The van der Waals surface area contributed by atoms with E-state index in [-0.39, 0.29) is 11.9 Å². The van der Waals surface area contributed by atoms with Gasteiger partial charge in [-0.25, -0.2) is 4.98 Å². The molecule has 1 fully saturated rings. The fraction of sp³-hybridized carbons (Fsp3) is 0.636. The van der Waals surface area contributed by atoms with Gasteiger partial charge in [-0.15, -0.1) is 10.2 Å². The predicted octanol–water partition coefficient (Wildman–Crippen LogP) is 0.426. The molecule has 0 aliphatic heterocycles. The van der Waals surface area contributed by atoms with E-state index in [4.69, 9.17) is 5.73 Å². The summed E-state index contributed by atoms with van der Waals surface area (Å²) >= 11 is 0. The minimum Gasteiger partial charge on any atom is -0.317 e. The quantitative estimate of drug-likeness (QED) is 0.789. The molecule has 6 nitrogen and oxygen atoms in total. The molecular formula is C11H17N5O. The first-order valence-corrected chi connectivity index (χ1v) is 5.92. The molecule has 6 heteroatoms. The fourth-order valence-electron chi connectivity index (χ4n) is 1.58. The van der Waals surface area contributed by atoms with Gasteiger partial charge in [-0.2, -0.15) is 0 Å². The highest BCUT2D eigenvalue weighted by molar-refractivity contribution is 5.98. The zero-order chi connectivity index (χ0) is 12.5. The number of carbonyl (C=O) groups excluding carboxylic acids is 1. The van der Waals surface area contributed by atoms with Gasteiger partial charge in [-0.05, 0) is 25.7 Å². The van der Waals surface area contributed by atoms with Crippen molar-refractivity contribution in [3.8, 4) is 0 Å². The zero-order valence-corrected chi connectivity index (χ0v) is 10.2. The zero-order valence-electron chi connectivity index (χ0n) is 10.2. The number of nitrogens with two attached hydrogens (primary N) is 1. The third-order valence-electron chi connectivity index (χ3n) is 2.98. The number of rotatable bonds is 4. The first-order chi connectivity index (χ1) is 8.09. The molecule has 0 bridgehead atoms. The molecule has 2 rings (SSSR count). The summed E-state index contributed by atoms with van der Waals surface area (Å²) in [7, 11) is 0. The van der Waals surface area contributed by atoms with E-state index < -0.39 is 5.54 Å². The largest absolute Gasteiger partial charge is 0.317 e. The molecule has 1 amide bonds. The lowest BCUT2D eigenvalue weighted by Crippen LogP contribution is -2.38. The van der Waals surface area contributed by atoms with E-state index in [1.165, 1.54) is 0 Å². The molecule has 1 aromatic heterocycles. The summed E-state index contributed by atoms with van der Waals surface area (Å²) in [5, 5.41) is 10.6. The van der Waals surface area contributed by atoms with E-state index in [0.717, 1.165) is 37.1 Å². The molecule has 0 saturated heterocycles. The van der Waals surface area contributed by atoms with Crippen molar-refractivity contribution in [2.45, 2.75) is 45.1 Å². The number of hydrogen-bond acceptors (Lipinski definition) is 5. The molecule has 1 aliphatic rings. The van der Waals surface area contributed by atoms with Crippen molar-refractivity contribution < 1.29 is 4.79 Å². The summed E-state index contributed by atoms with van der Waals surface area (Å²) in [6.07, 6.45) is 3.01. The number of hydrogen-bond donors (Lipinski definition) is 2. The van der Waals surface area contributed by atoms with Gasteiger partial charge in [-0.1, -0.05) is 13.8 Å². The highest BCUT2D eigenvalue weighted by Gasteiger charge is 2.46. The van der Waals surface area contributed by atoms with Gasteiger partial charge in [0.25, 0.3) is 0 Å². The summed E-state index contributed by atoms with van der Waals surface area (Å²) in [5.74, 6) is 0.0337. The third-order valence-corrected chi connectivity index (χ3v) is 2.98. The normalized spacial score (nSPS) is 16.6. The smallest absolute Gasteiger partial charge is 0.249 e. The molecule has 1 heterocycles. The fourth-order valence-corrected chi connectivity index (χ4v) is 1.58. The Kier molecular flexibility index (Phi) is 3.06. The minimum absolute atomic E-state index is 0.217. The number of nitrogens with zero attached hydrogens (tertiary/aromatic N) is 3. The SMILES string of the molecule is CCc1nnc(NC(=O)C2(N)CC2)nc1CC. The average molecular weight is 235 g/mol. The standard InChI is InChI=1S/C11H17N5O/c1-3-7-8(4-2)15-16-10(13-7)14-9(17)11(12)5-6-11/h3-6,12H2,1-2H3,(H,13,14,16,17). The second-order valence-corrected chi connectivity index (χ2v) is 4.35. The number of anilines is 1. The maximum atomic E-state index is 11.7. The van der Waals surface area contributed by atoms with E-state index in [2.05, 4.69) is 20.5 Å². The van der Waals surface area contributed by atoms with Crippen LogP contribution in [0.15, 0.2) is 0 Å². The van der Waals surface area contributed by atoms with Crippen molar-refractivity contribution >= 4 is 11.9 Å². The van der Waals surface area contributed by atoms with Gasteiger partial charge in [0.15, 0.2) is 0 Å². The Morgan fingerprint density at radius 2 is 1.94 bits per heavy atom. The Morgan fingerprint density at radius 3 is 2.47 bits per heavy atom. The van der Waals surface area contributed by atoms with Crippen LogP contribution in [0.2, 0.25) is 0 Å². The van der Waals surface area contributed by atoms with Gasteiger partial charge in [-0.3, -0.25) is 10.1 Å². The maximum absolute atomic E-state index is 11.7. The lowest BCUT2D eigenvalue weighted by molar-refractivity contribution is -0.118. The molecular weight excluding hydrogens is 218 g/mol. The van der Waals surface area contributed by atoms with Gasteiger partial charge in [0.2, 0.25) is 11.9 Å². The van der Waals surface area contributed by atoms with Crippen LogP contribution < -0.4 is 11.1 Å². The van der Waals surface area contributed by atoms with Gasteiger partial charge >= 0.3 is 0 Å². The highest BCUT2D eigenvalue weighted by Crippen LogP contribution is 2.32. The molecule has 17 heavy (non-hydrogen) atoms. The number of nitrogens with one attached hydrogen (secondary N) is 1. The minimum atomic E-state index is -0.709. The second kappa shape index (κ2) is 4.37. The van der Waals surface area contributed by atoms with E-state index >= 15 is 0 Å². The van der Waals surface area contributed by atoms with Crippen LogP contribution >= 0.6 is 0 Å². The van der Waals surface area contributed by atoms with Crippen LogP contribution in [0.1, 0.15) is 38.1 Å². The molecule has 0 unspecified atom stereocenters. The predicted molar refractivity (Wildman–Crippen MR) is 63.4 cm³/mol. The first kappa shape index (κ1) is 11.9. The van der Waals surface area contributed by atoms with Crippen molar-refractivity contribution in [3.63, 3.8) is 0 Å². The summed E-state index contributed by atoms with van der Waals surface area (Å²) < 4.78 is 0. The van der Waals surface area contributed by atoms with E-state index in [1.54, 1.807) is 0 Å². The van der Waals surface area contributed by atoms with Crippen molar-refractivity contribution in [3.05, 3.63) is 11.4 Å². The number of carbonyl (C=O) groups is 1. The van der Waals surface area contributed by atoms with E-state index in [1.807, 2.05) is 13.8 Å². The summed E-state index contributed by atoms with van der Waals surface area (Å²) in [6, 6.07) is 0. The summed E-state index contributed by atoms with van der Waals surface area (Å²) in [4.78, 5) is 16.0. The Hall–Kier alpha value is -1.56. The Balaban J connectivity index is 2.14. The van der Waals surface area contributed by atoms with Crippen molar-refractivity contribution in [1.29, 1.82) is 0 Å². The van der Waals surface area contributed by atoms with E-state index in [0.29, 0.717) is 0 Å². The maximum Gasteiger partial charge on any atom is 0.249 e. The van der Waals surface area contributed by atoms with Gasteiger partial charge in [0.05, 0.1) is 16.9 Å². The van der Waals surface area contributed by atoms with Crippen molar-refractivity contribution in [1.82, 2.24) is 15.2 Å². The highest BCUT2D eigenvalue weighted by atomic mass is 16.2. The van der Waals surface area contributed by atoms with Crippen LogP contribution in [-0.2, 0) is 17.6 Å². The summed E-state index contributed by atoms with van der Waals surface area (Å²) in [6.45, 7) is 4.00. The monoisotopic (exact) mass is 235 g/mol. The Labute approximate surface area is 100 Å². The van der Waals surface area contributed by atoms with E-state index in [9.17, 15) is 4.79 Å². The van der Waals surface area contributed by atoms with Gasteiger partial charge in [0, 0.05) is 0 Å². The molecule has 0 spiro atoms. The van der Waals surface area contributed by atoms with Gasteiger partial charge in [0.1, 0.15) is 0 Å². The van der Waals surface area contributed by atoms with Crippen molar-refractivity contribution in [2.75, 3.05) is 5.32 Å². The second-order valence-electron chi connectivity index (χ2n) is 4.35. The topological polar surface area (TPSA) is 93.8 Å². The molecule has 1 saturated carbocycles. The number of amides is 1. The Bertz CT molecular complexity index is 441. The van der Waals surface area contributed by atoms with Crippen LogP contribution in [0.3, 0.4) is 0 Å².